The van der Waals surface area contributed by atoms with E-state index in [1.807, 2.05) is 30.3 Å². The maximum atomic E-state index is 12.6. The van der Waals surface area contributed by atoms with E-state index >= 15 is 0 Å². The summed E-state index contributed by atoms with van der Waals surface area (Å²) in [6.45, 7) is 3.39. The molecule has 0 atom stereocenters. The molecule has 0 aliphatic carbocycles. The minimum atomic E-state index is -0.625. The number of nitrogens with zero attached hydrogens (tertiary/aromatic N) is 1. The molecule has 0 saturated carbocycles. The van der Waals surface area contributed by atoms with Gasteiger partial charge in [-0.3, -0.25) is 19.3 Å². The summed E-state index contributed by atoms with van der Waals surface area (Å²) in [7, 11) is 1.53. The van der Waals surface area contributed by atoms with Crippen LogP contribution in [0.4, 0.5) is 4.79 Å². The van der Waals surface area contributed by atoms with Gasteiger partial charge in [-0.2, -0.15) is 0 Å². The van der Waals surface area contributed by atoms with Gasteiger partial charge in [0.2, 0.25) is 0 Å². The van der Waals surface area contributed by atoms with Crippen LogP contribution >= 0.6 is 11.8 Å². The molecule has 1 aliphatic rings. The Morgan fingerprint density at radius 1 is 1.10 bits per heavy atom. The second-order valence-corrected chi connectivity index (χ2v) is 7.98. The SMILES string of the molecule is COc1cc(/C=C2/SC(=O)N(CC(=O)OC(C)C)C2=O)ccc1OCc1ccccc1. The number of hydrogen-bond acceptors (Lipinski definition) is 7. The summed E-state index contributed by atoms with van der Waals surface area (Å²) in [5.74, 6) is -0.0864. The van der Waals surface area contributed by atoms with Gasteiger partial charge in [-0.1, -0.05) is 36.4 Å². The van der Waals surface area contributed by atoms with Gasteiger partial charge in [0, 0.05) is 0 Å². The topological polar surface area (TPSA) is 82.1 Å². The molecule has 2 aromatic rings. The highest BCUT2D eigenvalue weighted by atomic mass is 32.2. The summed E-state index contributed by atoms with van der Waals surface area (Å²) >= 11 is 0.781. The fourth-order valence-corrected chi connectivity index (χ4v) is 3.68. The van der Waals surface area contributed by atoms with Gasteiger partial charge in [0.1, 0.15) is 13.2 Å². The van der Waals surface area contributed by atoms with Gasteiger partial charge in [0.05, 0.1) is 18.1 Å². The number of rotatable bonds is 8. The first-order chi connectivity index (χ1) is 14.9. The van der Waals surface area contributed by atoms with E-state index in [9.17, 15) is 14.4 Å². The number of benzene rings is 2. The lowest BCUT2D eigenvalue weighted by molar-refractivity contribution is -0.149. The second kappa shape index (κ2) is 10.2. The Morgan fingerprint density at radius 3 is 2.52 bits per heavy atom. The first kappa shape index (κ1) is 22.4. The third-order valence-electron chi connectivity index (χ3n) is 4.25. The van der Waals surface area contributed by atoms with Gasteiger partial charge in [-0.05, 0) is 54.9 Å². The van der Waals surface area contributed by atoms with Gasteiger partial charge >= 0.3 is 5.97 Å². The van der Waals surface area contributed by atoms with Gasteiger partial charge in [-0.15, -0.1) is 0 Å². The average Bonchev–Trinajstić information content (AvgIpc) is 3.00. The Balaban J connectivity index is 1.71. The highest BCUT2D eigenvalue weighted by molar-refractivity contribution is 8.18. The molecule has 1 aliphatic heterocycles. The number of carbonyl (C=O) groups excluding carboxylic acids is 3. The molecule has 2 aromatic carbocycles. The van der Waals surface area contributed by atoms with E-state index in [-0.39, 0.29) is 11.0 Å². The number of methoxy groups -OCH3 is 1. The molecule has 3 rings (SSSR count). The van der Waals surface area contributed by atoms with Crippen molar-refractivity contribution in [2.45, 2.75) is 26.6 Å². The molecule has 1 fully saturated rings. The predicted octanol–water partition coefficient (Wildman–Crippen LogP) is 4.26. The van der Waals surface area contributed by atoms with Gasteiger partial charge in [0.15, 0.2) is 11.5 Å². The van der Waals surface area contributed by atoms with Crippen LogP contribution < -0.4 is 9.47 Å². The molecule has 0 bridgehead atoms. The molecule has 8 heteroatoms. The zero-order valence-corrected chi connectivity index (χ0v) is 18.3. The van der Waals surface area contributed by atoms with Crippen molar-refractivity contribution in [2.75, 3.05) is 13.7 Å². The van der Waals surface area contributed by atoms with Crippen LogP contribution in [-0.4, -0.2) is 41.8 Å². The monoisotopic (exact) mass is 441 g/mol. The van der Waals surface area contributed by atoms with Crippen molar-refractivity contribution >= 4 is 35.0 Å². The Hall–Kier alpha value is -3.26. The maximum absolute atomic E-state index is 12.6. The van der Waals surface area contributed by atoms with E-state index in [4.69, 9.17) is 14.2 Å². The third kappa shape index (κ3) is 5.88. The molecular weight excluding hydrogens is 418 g/mol. The molecule has 1 saturated heterocycles. The minimum Gasteiger partial charge on any atom is -0.493 e. The largest absolute Gasteiger partial charge is 0.493 e. The second-order valence-electron chi connectivity index (χ2n) is 6.99. The summed E-state index contributed by atoms with van der Waals surface area (Å²) in [6, 6.07) is 15.0. The molecule has 0 aromatic heterocycles. The molecule has 7 nitrogen and oxygen atoms in total. The van der Waals surface area contributed by atoms with Crippen molar-refractivity contribution < 1.29 is 28.6 Å². The third-order valence-corrected chi connectivity index (χ3v) is 5.16. The van der Waals surface area contributed by atoms with Crippen molar-refractivity contribution in [2.24, 2.45) is 0 Å². The van der Waals surface area contributed by atoms with Crippen molar-refractivity contribution in [3.63, 3.8) is 0 Å². The minimum absolute atomic E-state index is 0.224. The van der Waals surface area contributed by atoms with Gasteiger partial charge < -0.3 is 14.2 Å². The number of imide groups is 1. The number of ether oxygens (including phenoxy) is 3. The fraction of sp³-hybridized carbons (Fsp3) is 0.261. The van der Waals surface area contributed by atoms with Crippen LogP contribution in [0.25, 0.3) is 6.08 Å². The molecule has 0 spiro atoms. The highest BCUT2D eigenvalue weighted by Gasteiger charge is 2.36. The van der Waals surface area contributed by atoms with Crippen LogP contribution in [0.1, 0.15) is 25.0 Å². The molecule has 162 valence electrons. The number of thioether (sulfide) groups is 1. The van der Waals surface area contributed by atoms with E-state index < -0.39 is 23.7 Å². The van der Waals surface area contributed by atoms with E-state index in [2.05, 4.69) is 0 Å². The molecule has 1 heterocycles. The number of carbonyl (C=O) groups is 3. The summed E-state index contributed by atoms with van der Waals surface area (Å²) < 4.78 is 16.3. The lowest BCUT2D eigenvalue weighted by Crippen LogP contribution is -2.35. The molecule has 0 unspecified atom stereocenters. The normalized spacial score (nSPS) is 15.0. The van der Waals surface area contributed by atoms with Crippen LogP contribution in [0.15, 0.2) is 53.4 Å². The van der Waals surface area contributed by atoms with Crippen LogP contribution in [0.3, 0.4) is 0 Å². The first-order valence-corrected chi connectivity index (χ1v) is 10.5. The highest BCUT2D eigenvalue weighted by Crippen LogP contribution is 2.34. The quantitative estimate of drug-likeness (QED) is 0.447. The maximum Gasteiger partial charge on any atom is 0.326 e. The predicted molar refractivity (Wildman–Crippen MR) is 118 cm³/mol. The molecule has 0 N–H and O–H groups in total. The van der Waals surface area contributed by atoms with E-state index in [0.717, 1.165) is 22.2 Å². The zero-order valence-electron chi connectivity index (χ0n) is 17.5. The Kier molecular flexibility index (Phi) is 7.36. The number of hydrogen-bond donors (Lipinski definition) is 0. The first-order valence-electron chi connectivity index (χ1n) is 9.67. The van der Waals surface area contributed by atoms with Crippen LogP contribution in [0.5, 0.6) is 11.5 Å². The van der Waals surface area contributed by atoms with E-state index in [0.29, 0.717) is 23.7 Å². The summed E-state index contributed by atoms with van der Waals surface area (Å²) in [5, 5.41) is -0.508. The smallest absolute Gasteiger partial charge is 0.326 e. The van der Waals surface area contributed by atoms with Crippen LogP contribution in [-0.2, 0) is 20.9 Å². The molecule has 2 amide bonds. The van der Waals surface area contributed by atoms with Crippen molar-refractivity contribution in [3.05, 3.63) is 64.6 Å². The Bertz CT molecular complexity index is 1000. The Morgan fingerprint density at radius 2 is 1.84 bits per heavy atom. The summed E-state index contributed by atoms with van der Waals surface area (Å²) in [6.07, 6.45) is 1.26. The van der Waals surface area contributed by atoms with E-state index in [1.54, 1.807) is 38.1 Å². The van der Waals surface area contributed by atoms with Crippen molar-refractivity contribution in [1.82, 2.24) is 4.90 Å². The Labute approximate surface area is 185 Å². The lowest BCUT2D eigenvalue weighted by Gasteiger charge is -2.13. The fourth-order valence-electron chi connectivity index (χ4n) is 2.85. The van der Waals surface area contributed by atoms with Gasteiger partial charge in [0.25, 0.3) is 11.1 Å². The summed E-state index contributed by atoms with van der Waals surface area (Å²) in [4.78, 5) is 37.7. The molecule has 31 heavy (non-hydrogen) atoms. The van der Waals surface area contributed by atoms with Gasteiger partial charge in [-0.25, -0.2) is 0 Å². The van der Waals surface area contributed by atoms with E-state index in [1.165, 1.54) is 7.11 Å². The lowest BCUT2D eigenvalue weighted by atomic mass is 10.1. The number of amides is 2. The molecular formula is C23H23NO6S. The van der Waals surface area contributed by atoms with Crippen LogP contribution in [0, 0.1) is 0 Å². The summed E-state index contributed by atoms with van der Waals surface area (Å²) in [5.41, 5.74) is 1.69. The zero-order chi connectivity index (χ0) is 22.4. The average molecular weight is 442 g/mol. The van der Waals surface area contributed by atoms with Crippen molar-refractivity contribution in [1.29, 1.82) is 0 Å². The number of esters is 1. The standard InChI is InChI=1S/C23H23NO6S/c1-15(2)30-21(25)13-24-22(26)20(31-23(24)27)12-17-9-10-18(19(11-17)28-3)29-14-16-7-5-4-6-8-16/h4-12,15H,13-14H2,1-3H3/b20-12+. The van der Waals surface area contributed by atoms with Crippen LogP contribution in [0.2, 0.25) is 0 Å². The van der Waals surface area contributed by atoms with Crippen molar-refractivity contribution in [3.8, 4) is 11.5 Å². The molecule has 0 radical (unpaired) electrons.